The number of hydrogen-bond donors (Lipinski definition) is 1. The maximum atomic E-state index is 10.0. The number of halogens is 5. The van der Waals surface area contributed by atoms with Crippen LogP contribution in [0.5, 0.6) is 0 Å². The van der Waals surface area contributed by atoms with Gasteiger partial charge in [-0.15, -0.1) is 0 Å². The first kappa shape index (κ1) is 54.9. The fourth-order valence-electron chi connectivity index (χ4n) is 8.77. The van der Waals surface area contributed by atoms with E-state index in [0.29, 0.717) is 25.9 Å². The number of β-amino-alcohol motifs (C(OH)–C–C–N with tert-alkyl or cyclic N) is 1. The number of hydrogen-bond acceptors (Lipinski definition) is 5. The summed E-state index contributed by atoms with van der Waals surface area (Å²) in [6.45, 7) is 19.7. The van der Waals surface area contributed by atoms with Gasteiger partial charge in [0.25, 0.3) is 16.6 Å². The summed E-state index contributed by atoms with van der Waals surface area (Å²) in [6.07, 6.45) is 1.77. The molecule has 58 heavy (non-hydrogen) atoms. The van der Waals surface area contributed by atoms with Crippen molar-refractivity contribution < 1.29 is 27.2 Å². The first-order valence-electron chi connectivity index (χ1n) is 19.7. The standard InChI is InChI=1S/C23H33NOSi.C22H31NO2Si.CH4.I3.I2/c1-19-16-20(24(5)17-19)18-25-26(23(2,3)4,21-12-8-6-9-13-21)22-14-10-7-11-15-22;1-22(2,3)26(20-11-7-5-8-12-20,21-13-9-6-10-14-21)25-17-18-15-19(24)16-23(18)4;;1-3-2;1-2/h6-15,19-20H,16-18H2,1-5H3;5-14,18-19,24H,15-17H2,1-4H3;1H4;;/q;;;-1;/t19-,20+;18-,19+;;;/m10.../s1. The van der Waals surface area contributed by atoms with Gasteiger partial charge < -0.3 is 18.9 Å². The van der Waals surface area contributed by atoms with Gasteiger partial charge in [0.15, 0.2) is 0 Å². The molecule has 6 rings (SSSR count). The van der Waals surface area contributed by atoms with E-state index in [0.717, 1.165) is 25.5 Å². The van der Waals surface area contributed by atoms with Crippen LogP contribution in [0.25, 0.3) is 0 Å². The van der Waals surface area contributed by atoms with E-state index in [2.05, 4.69) is 268 Å². The molecule has 4 aromatic carbocycles. The molecule has 12 heteroatoms. The number of aliphatic hydroxyl groups is 1. The Kier molecular flexibility index (Phi) is 25.1. The van der Waals surface area contributed by atoms with E-state index in [1.54, 1.807) is 0 Å². The Balaban J connectivity index is 0.000000355. The molecule has 0 saturated carbocycles. The number of aliphatic hydroxyl groups excluding tert-OH is 1. The third kappa shape index (κ3) is 14.4. The molecule has 1 N–H and O–H groups in total. The van der Waals surface area contributed by atoms with Crippen LogP contribution in [-0.2, 0) is 8.85 Å². The summed E-state index contributed by atoms with van der Waals surface area (Å²) in [6, 6.07) is 44.1. The van der Waals surface area contributed by atoms with Gasteiger partial charge in [0, 0.05) is 62.4 Å². The number of rotatable bonds is 10. The van der Waals surface area contributed by atoms with Crippen LogP contribution in [0, 0.1) is 5.92 Å². The van der Waals surface area contributed by atoms with Crippen molar-refractivity contribution in [1.29, 1.82) is 0 Å². The molecule has 2 heterocycles. The summed E-state index contributed by atoms with van der Waals surface area (Å²) in [7, 11) is -0.554. The molecule has 0 amide bonds. The van der Waals surface area contributed by atoms with Crippen molar-refractivity contribution in [3.05, 3.63) is 121 Å². The monoisotopic (exact) mass is 1390 g/mol. The molecular weight excluding hydrogens is 1320 g/mol. The molecule has 0 spiro atoms. The molecular formula is C46H68I5N2O3Si2-. The first-order chi connectivity index (χ1) is 27.1. The normalized spacial score (nSPS) is 20.1. The van der Waals surface area contributed by atoms with E-state index in [9.17, 15) is 5.11 Å². The second-order valence-corrected chi connectivity index (χ2v) is 42.3. The molecule has 4 atom stereocenters. The Hall–Kier alpha value is 0.764. The van der Waals surface area contributed by atoms with Crippen LogP contribution in [0.4, 0.5) is 0 Å². The fourth-order valence-corrected chi connectivity index (χ4v) is 18.0. The fraction of sp³-hybridized carbons (Fsp3) is 0.478. The number of likely N-dealkylation sites (N-methyl/N-ethyl adjacent to an activating group) is 2. The molecule has 2 aliphatic rings. The summed E-state index contributed by atoms with van der Waals surface area (Å²) in [5.74, 6) is 0.757. The van der Waals surface area contributed by atoms with Crippen molar-refractivity contribution in [2.45, 2.75) is 97.0 Å². The zero-order valence-electron chi connectivity index (χ0n) is 35.1. The molecule has 2 saturated heterocycles. The van der Waals surface area contributed by atoms with E-state index in [1.165, 1.54) is 33.7 Å². The van der Waals surface area contributed by atoms with E-state index in [-0.39, 0.29) is 29.6 Å². The van der Waals surface area contributed by atoms with Crippen LogP contribution < -0.4 is 34.0 Å². The van der Waals surface area contributed by atoms with Gasteiger partial charge in [-0.2, -0.15) is 0 Å². The number of likely N-dealkylation sites (tertiary alicyclic amines) is 2. The second-order valence-electron chi connectivity index (χ2n) is 17.4. The van der Waals surface area contributed by atoms with E-state index in [4.69, 9.17) is 8.85 Å². The van der Waals surface area contributed by atoms with Gasteiger partial charge in [-0.05, 0) is 63.7 Å². The average Bonchev–Trinajstić information content (AvgIpc) is 3.70. The summed E-state index contributed by atoms with van der Waals surface area (Å²) >= 11 is 9.54. The van der Waals surface area contributed by atoms with Crippen LogP contribution in [-0.4, -0.2) is 90.1 Å². The third-order valence-corrected chi connectivity index (χ3v) is 21.4. The predicted octanol–water partition coefficient (Wildman–Crippen LogP) is 7.71. The molecule has 5 nitrogen and oxygen atoms in total. The average molecular weight is 1390 g/mol. The van der Waals surface area contributed by atoms with Crippen LogP contribution in [0.3, 0.4) is 0 Å². The Morgan fingerprint density at radius 1 is 0.586 bits per heavy atom. The maximum absolute atomic E-state index is 10.0. The van der Waals surface area contributed by atoms with Gasteiger partial charge in [0.05, 0.1) is 19.3 Å². The van der Waals surface area contributed by atoms with Crippen molar-refractivity contribution in [3.63, 3.8) is 0 Å². The Labute approximate surface area is 408 Å². The van der Waals surface area contributed by atoms with Crippen molar-refractivity contribution in [1.82, 2.24) is 9.80 Å². The van der Waals surface area contributed by atoms with E-state index in [1.807, 2.05) is 0 Å². The van der Waals surface area contributed by atoms with Crippen LogP contribution in [0.15, 0.2) is 121 Å². The molecule has 4 aromatic rings. The molecule has 0 radical (unpaired) electrons. The molecule has 0 aromatic heterocycles. The van der Waals surface area contributed by atoms with Gasteiger partial charge in [-0.25, -0.2) is 0 Å². The van der Waals surface area contributed by atoms with Crippen molar-refractivity contribution in [2.24, 2.45) is 5.92 Å². The first-order valence-corrected chi connectivity index (χ1v) is 42.4. The Bertz CT molecular complexity index is 1480. The molecule has 0 bridgehead atoms. The van der Waals surface area contributed by atoms with Crippen LogP contribution in [0.2, 0.25) is 10.1 Å². The molecule has 324 valence electrons. The summed E-state index contributed by atoms with van der Waals surface area (Å²) in [4.78, 5) is 4.70. The van der Waals surface area contributed by atoms with Gasteiger partial charge in [0.2, 0.25) is 0 Å². The molecule has 0 unspecified atom stereocenters. The van der Waals surface area contributed by atoms with Crippen LogP contribution in [0.1, 0.15) is 68.7 Å². The summed E-state index contributed by atoms with van der Waals surface area (Å²) in [5.41, 5.74) is 0. The van der Waals surface area contributed by atoms with Crippen molar-refractivity contribution >= 4 is 112 Å². The Morgan fingerprint density at radius 2 is 0.862 bits per heavy atom. The minimum atomic E-state index is -2.48. The summed E-state index contributed by atoms with van der Waals surface area (Å²) in [5, 5.41) is 15.4. The van der Waals surface area contributed by atoms with Gasteiger partial charge in [-0.1, -0.05) is 177 Å². The second kappa shape index (κ2) is 26.5. The minimum absolute atomic E-state index is 0. The third-order valence-electron chi connectivity index (χ3n) is 11.4. The van der Waals surface area contributed by atoms with E-state index < -0.39 is 16.6 Å². The zero-order valence-corrected chi connectivity index (χ0v) is 47.9. The number of nitrogens with zero attached hydrogens (tertiary/aromatic N) is 2. The predicted molar refractivity (Wildman–Crippen MR) is 287 cm³/mol. The van der Waals surface area contributed by atoms with Gasteiger partial charge in [0.1, 0.15) is 0 Å². The van der Waals surface area contributed by atoms with Gasteiger partial charge in [-0.3, -0.25) is 4.90 Å². The SMILES string of the molecule is C.CN1C[C@H](O)C[C@H]1CO[Si](c1ccccc1)(c1ccccc1)C(C)(C)C.C[C@@H]1C[C@@H](CO[Si](c2ccccc2)(c2ccccc2)C(C)(C)C)N(C)C1.II.I[I-]I. The summed E-state index contributed by atoms with van der Waals surface area (Å²) < 4.78 is 14.0. The van der Waals surface area contributed by atoms with E-state index >= 15 is 0 Å². The van der Waals surface area contributed by atoms with Crippen molar-refractivity contribution in [2.75, 3.05) is 40.4 Å². The quantitative estimate of drug-likeness (QED) is 0.130. The van der Waals surface area contributed by atoms with Gasteiger partial charge >= 0.3 is 50.5 Å². The topological polar surface area (TPSA) is 45.2 Å². The van der Waals surface area contributed by atoms with Crippen molar-refractivity contribution in [3.8, 4) is 0 Å². The zero-order chi connectivity index (χ0) is 42.3. The van der Waals surface area contributed by atoms with Crippen LogP contribution >= 0.6 is 74.5 Å². The molecule has 0 aliphatic carbocycles. The molecule has 2 aliphatic heterocycles. The Morgan fingerprint density at radius 3 is 1.09 bits per heavy atom. The molecule has 2 fully saturated rings. The number of benzene rings is 4.